The van der Waals surface area contributed by atoms with Crippen LogP contribution in [-0.2, 0) is 10.0 Å². The lowest BCUT2D eigenvalue weighted by Crippen LogP contribution is -2.38. The Morgan fingerprint density at radius 2 is 1.56 bits per heavy atom. The van der Waals surface area contributed by atoms with E-state index in [1.807, 2.05) is 29.2 Å². The maximum absolute atomic E-state index is 13.0. The maximum atomic E-state index is 13.0. The molecule has 4 rings (SSSR count). The molecular weight excluding hydrogens is 426 g/mol. The highest BCUT2D eigenvalue weighted by atomic mass is 32.2. The molecule has 0 atom stereocenters. The van der Waals surface area contributed by atoms with Crippen LogP contribution in [0, 0.1) is 6.92 Å². The number of nitrogens with one attached hydrogen (secondary N) is 2. The van der Waals surface area contributed by atoms with Crippen molar-refractivity contribution in [3.05, 3.63) is 64.7 Å². The highest BCUT2D eigenvalue weighted by Gasteiger charge is 2.26. The number of carbonyl (C=O) groups is 2. The number of amides is 2. The van der Waals surface area contributed by atoms with Crippen LogP contribution in [-0.4, -0.2) is 50.5 Å². The molecule has 2 aromatic carbocycles. The Labute approximate surface area is 189 Å². The van der Waals surface area contributed by atoms with Crippen molar-refractivity contribution in [1.82, 2.24) is 10.2 Å². The number of piperidine rings is 1. The molecule has 170 valence electrons. The predicted molar refractivity (Wildman–Crippen MR) is 124 cm³/mol. The predicted octanol–water partition coefficient (Wildman–Crippen LogP) is 3.28. The first-order valence-electron chi connectivity index (χ1n) is 11.0. The molecular formula is C24H29N3O4S. The standard InChI is InChI=1S/C24H29N3O4S/c1-16-3-4-20(15-22(16)26-32(2,30)31)24(29)27-13-11-18(12-14-27)17-5-7-19(8-6-17)23(28)25-21-9-10-21/h3-8,15,18,21,26H,9-14H2,1-2H3,(H,25,28). The highest BCUT2D eigenvalue weighted by molar-refractivity contribution is 7.92. The monoisotopic (exact) mass is 455 g/mol. The van der Waals surface area contributed by atoms with Crippen molar-refractivity contribution in [1.29, 1.82) is 0 Å². The van der Waals surface area contributed by atoms with Gasteiger partial charge in [-0.15, -0.1) is 0 Å². The lowest BCUT2D eigenvalue weighted by Gasteiger charge is -2.32. The Kier molecular flexibility index (Phi) is 6.24. The van der Waals surface area contributed by atoms with E-state index in [-0.39, 0.29) is 11.8 Å². The zero-order chi connectivity index (χ0) is 22.9. The molecule has 7 nitrogen and oxygen atoms in total. The fraction of sp³-hybridized carbons (Fsp3) is 0.417. The van der Waals surface area contributed by atoms with E-state index >= 15 is 0 Å². The van der Waals surface area contributed by atoms with Gasteiger partial charge in [0.1, 0.15) is 0 Å². The van der Waals surface area contributed by atoms with Crippen LogP contribution < -0.4 is 10.0 Å². The van der Waals surface area contributed by atoms with Gasteiger partial charge in [0.05, 0.1) is 11.9 Å². The van der Waals surface area contributed by atoms with Crippen molar-refractivity contribution in [2.75, 3.05) is 24.1 Å². The van der Waals surface area contributed by atoms with Crippen LogP contribution in [0.2, 0.25) is 0 Å². The minimum atomic E-state index is -3.42. The van der Waals surface area contributed by atoms with Gasteiger partial charge in [-0.3, -0.25) is 14.3 Å². The molecule has 1 heterocycles. The van der Waals surface area contributed by atoms with Crippen LogP contribution in [0.5, 0.6) is 0 Å². The lowest BCUT2D eigenvalue weighted by atomic mass is 9.88. The van der Waals surface area contributed by atoms with Crippen molar-refractivity contribution in [3.8, 4) is 0 Å². The first kappa shape index (κ1) is 22.3. The molecule has 0 aromatic heterocycles. The number of rotatable bonds is 6. The summed E-state index contributed by atoms with van der Waals surface area (Å²) in [5.41, 5.74) is 3.55. The largest absolute Gasteiger partial charge is 0.349 e. The van der Waals surface area contributed by atoms with Crippen LogP contribution in [0.4, 0.5) is 5.69 Å². The summed E-state index contributed by atoms with van der Waals surface area (Å²) < 4.78 is 25.6. The van der Waals surface area contributed by atoms with Crippen LogP contribution in [0.1, 0.15) is 63.4 Å². The number of likely N-dealkylation sites (tertiary alicyclic amines) is 1. The minimum absolute atomic E-state index is 0.0118. The van der Waals surface area contributed by atoms with Crippen molar-refractivity contribution in [2.45, 2.75) is 44.6 Å². The van der Waals surface area contributed by atoms with E-state index in [0.29, 0.717) is 41.9 Å². The Hall–Kier alpha value is -2.87. The van der Waals surface area contributed by atoms with E-state index in [2.05, 4.69) is 10.0 Å². The lowest BCUT2D eigenvalue weighted by molar-refractivity contribution is 0.0712. The molecule has 2 N–H and O–H groups in total. The molecule has 1 saturated carbocycles. The Morgan fingerprint density at radius 1 is 0.938 bits per heavy atom. The number of hydrogen-bond acceptors (Lipinski definition) is 4. The van der Waals surface area contributed by atoms with Crippen molar-refractivity contribution in [3.63, 3.8) is 0 Å². The third-order valence-electron chi connectivity index (χ3n) is 6.12. The summed E-state index contributed by atoms with van der Waals surface area (Å²) in [5, 5.41) is 3.00. The average molecular weight is 456 g/mol. The average Bonchev–Trinajstić information content (AvgIpc) is 3.58. The van der Waals surface area contributed by atoms with Gasteiger partial charge in [-0.25, -0.2) is 8.42 Å². The molecule has 2 aliphatic rings. The molecule has 1 saturated heterocycles. The molecule has 32 heavy (non-hydrogen) atoms. The van der Waals surface area contributed by atoms with Gasteiger partial charge in [-0.05, 0) is 73.9 Å². The van der Waals surface area contributed by atoms with Gasteiger partial charge in [0.15, 0.2) is 0 Å². The van der Waals surface area contributed by atoms with E-state index in [4.69, 9.17) is 0 Å². The first-order valence-corrected chi connectivity index (χ1v) is 12.9. The Bertz CT molecular complexity index is 1120. The Morgan fingerprint density at radius 3 is 2.16 bits per heavy atom. The van der Waals surface area contributed by atoms with Crippen LogP contribution in [0.15, 0.2) is 42.5 Å². The summed E-state index contributed by atoms with van der Waals surface area (Å²) in [6.07, 6.45) is 4.93. The summed E-state index contributed by atoms with van der Waals surface area (Å²) in [6, 6.07) is 13.3. The number of benzene rings is 2. The molecule has 2 aromatic rings. The topological polar surface area (TPSA) is 95.6 Å². The van der Waals surface area contributed by atoms with Crippen molar-refractivity contribution >= 4 is 27.5 Å². The molecule has 0 unspecified atom stereocenters. The molecule has 8 heteroatoms. The first-order chi connectivity index (χ1) is 15.2. The van der Waals surface area contributed by atoms with Gasteiger partial charge in [0.2, 0.25) is 10.0 Å². The molecule has 0 radical (unpaired) electrons. The van der Waals surface area contributed by atoms with Crippen molar-refractivity contribution in [2.24, 2.45) is 0 Å². The zero-order valence-electron chi connectivity index (χ0n) is 18.4. The van der Waals surface area contributed by atoms with E-state index in [1.54, 1.807) is 25.1 Å². The van der Waals surface area contributed by atoms with E-state index < -0.39 is 10.0 Å². The fourth-order valence-corrected chi connectivity index (χ4v) is 4.69. The van der Waals surface area contributed by atoms with Crippen molar-refractivity contribution < 1.29 is 18.0 Å². The van der Waals surface area contributed by atoms with E-state index in [0.717, 1.165) is 37.5 Å². The molecule has 2 amide bonds. The Balaban J connectivity index is 1.36. The third kappa shape index (κ3) is 5.48. The summed E-state index contributed by atoms with van der Waals surface area (Å²) in [6.45, 7) is 3.07. The summed E-state index contributed by atoms with van der Waals surface area (Å²) in [5.74, 6) is 0.245. The number of hydrogen-bond donors (Lipinski definition) is 2. The molecule has 0 spiro atoms. The molecule has 1 aliphatic carbocycles. The number of nitrogens with zero attached hydrogens (tertiary/aromatic N) is 1. The molecule has 1 aliphatic heterocycles. The summed E-state index contributed by atoms with van der Waals surface area (Å²) in [7, 11) is -3.42. The van der Waals surface area contributed by atoms with Gasteiger partial charge >= 0.3 is 0 Å². The highest BCUT2D eigenvalue weighted by Crippen LogP contribution is 2.29. The normalized spacial score (nSPS) is 17.1. The smallest absolute Gasteiger partial charge is 0.253 e. The second-order valence-corrected chi connectivity index (χ2v) is 10.6. The van der Waals surface area contributed by atoms with Crippen LogP contribution in [0.25, 0.3) is 0 Å². The SMILES string of the molecule is Cc1ccc(C(=O)N2CCC(c3ccc(C(=O)NC4CC4)cc3)CC2)cc1NS(C)(=O)=O. The fourth-order valence-electron chi connectivity index (χ4n) is 4.07. The third-order valence-corrected chi connectivity index (χ3v) is 6.71. The maximum Gasteiger partial charge on any atom is 0.253 e. The number of sulfonamides is 1. The minimum Gasteiger partial charge on any atom is -0.349 e. The van der Waals surface area contributed by atoms with Crippen LogP contribution in [0.3, 0.4) is 0 Å². The molecule has 0 bridgehead atoms. The number of aryl methyl sites for hydroxylation is 1. The second-order valence-electron chi connectivity index (χ2n) is 8.84. The van der Waals surface area contributed by atoms with Crippen LogP contribution >= 0.6 is 0 Å². The summed E-state index contributed by atoms with van der Waals surface area (Å²) >= 11 is 0. The quantitative estimate of drug-likeness (QED) is 0.699. The number of carbonyl (C=O) groups excluding carboxylic acids is 2. The zero-order valence-corrected chi connectivity index (χ0v) is 19.2. The van der Waals surface area contributed by atoms with Gasteiger partial charge in [0, 0.05) is 30.3 Å². The van der Waals surface area contributed by atoms with Gasteiger partial charge < -0.3 is 10.2 Å². The van der Waals surface area contributed by atoms with E-state index in [9.17, 15) is 18.0 Å². The van der Waals surface area contributed by atoms with E-state index in [1.165, 1.54) is 5.56 Å². The van der Waals surface area contributed by atoms with Gasteiger partial charge in [-0.1, -0.05) is 18.2 Å². The van der Waals surface area contributed by atoms with Gasteiger partial charge in [0.25, 0.3) is 11.8 Å². The number of anilines is 1. The van der Waals surface area contributed by atoms with Gasteiger partial charge in [-0.2, -0.15) is 0 Å². The second kappa shape index (κ2) is 8.94. The summed E-state index contributed by atoms with van der Waals surface area (Å²) in [4.78, 5) is 27.0. The molecule has 2 fully saturated rings.